The maximum absolute atomic E-state index is 13.0. The molecule has 0 bridgehead atoms. The molecular weight excluding hydrogens is 426 g/mol. The maximum Gasteiger partial charge on any atom is 0.267 e. The van der Waals surface area contributed by atoms with Crippen molar-refractivity contribution in [3.8, 4) is 33.9 Å². The molecule has 1 N–H and O–H groups in total. The van der Waals surface area contributed by atoms with Gasteiger partial charge in [-0.15, -0.1) is 0 Å². The maximum atomic E-state index is 13.0. The lowest BCUT2D eigenvalue weighted by atomic mass is 9.94. The first-order valence-corrected chi connectivity index (χ1v) is 11.3. The summed E-state index contributed by atoms with van der Waals surface area (Å²) in [5.41, 5.74) is 3.55. The van der Waals surface area contributed by atoms with E-state index >= 15 is 0 Å². The standard InChI is InChI=1S/C28H27N3O3/c1-4-31(5-2)28(33)21-13-11-12-20(18-21)25-19(3)27(32)30-29-26(25)23-16-9-10-17-24(23)34-22-14-7-6-8-15-22/h6-18H,4-5H2,1-3H3,(H,30,32). The van der Waals surface area contributed by atoms with Crippen molar-refractivity contribution in [2.75, 3.05) is 13.1 Å². The van der Waals surface area contributed by atoms with Gasteiger partial charge in [0, 0.05) is 35.3 Å². The van der Waals surface area contributed by atoms with Crippen LogP contribution in [-0.2, 0) is 0 Å². The number of rotatable bonds is 7. The third-order valence-corrected chi connectivity index (χ3v) is 5.78. The number of nitrogens with one attached hydrogen (secondary N) is 1. The fourth-order valence-electron chi connectivity index (χ4n) is 3.95. The first-order valence-electron chi connectivity index (χ1n) is 11.3. The average molecular weight is 454 g/mol. The van der Waals surface area contributed by atoms with Gasteiger partial charge in [0.25, 0.3) is 11.5 Å². The van der Waals surface area contributed by atoms with E-state index < -0.39 is 0 Å². The molecule has 1 heterocycles. The highest BCUT2D eigenvalue weighted by atomic mass is 16.5. The van der Waals surface area contributed by atoms with Crippen molar-refractivity contribution >= 4 is 5.91 Å². The number of amides is 1. The second kappa shape index (κ2) is 10.2. The second-order valence-corrected chi connectivity index (χ2v) is 7.87. The molecule has 0 aliphatic rings. The summed E-state index contributed by atoms with van der Waals surface area (Å²) in [6, 6.07) is 24.4. The van der Waals surface area contributed by atoms with Gasteiger partial charge in [-0.2, -0.15) is 5.10 Å². The lowest BCUT2D eigenvalue weighted by Crippen LogP contribution is -2.30. The Morgan fingerprint density at radius 1 is 0.941 bits per heavy atom. The predicted molar refractivity (Wildman–Crippen MR) is 134 cm³/mol. The quantitative estimate of drug-likeness (QED) is 0.390. The summed E-state index contributed by atoms with van der Waals surface area (Å²) in [7, 11) is 0. The minimum atomic E-state index is -0.277. The normalized spacial score (nSPS) is 10.7. The number of ether oxygens (including phenoxy) is 1. The number of nitrogens with zero attached hydrogens (tertiary/aromatic N) is 2. The van der Waals surface area contributed by atoms with Crippen LogP contribution < -0.4 is 10.3 Å². The van der Waals surface area contributed by atoms with Gasteiger partial charge in [0.2, 0.25) is 0 Å². The second-order valence-electron chi connectivity index (χ2n) is 7.87. The van der Waals surface area contributed by atoms with Crippen LogP contribution >= 0.6 is 0 Å². The van der Waals surface area contributed by atoms with Crippen LogP contribution in [0.15, 0.2) is 83.7 Å². The minimum Gasteiger partial charge on any atom is -0.457 e. The minimum absolute atomic E-state index is 0.0448. The van der Waals surface area contributed by atoms with Crippen molar-refractivity contribution in [1.82, 2.24) is 15.1 Å². The number of hydrogen-bond acceptors (Lipinski definition) is 4. The molecule has 4 rings (SSSR count). The van der Waals surface area contributed by atoms with Gasteiger partial charge in [0.1, 0.15) is 17.2 Å². The van der Waals surface area contributed by atoms with Crippen LogP contribution in [0.25, 0.3) is 22.4 Å². The zero-order valence-corrected chi connectivity index (χ0v) is 19.5. The van der Waals surface area contributed by atoms with Crippen LogP contribution in [0.2, 0.25) is 0 Å². The fourth-order valence-corrected chi connectivity index (χ4v) is 3.95. The predicted octanol–water partition coefficient (Wildman–Crippen LogP) is 5.69. The van der Waals surface area contributed by atoms with Crippen molar-refractivity contribution in [1.29, 1.82) is 0 Å². The third kappa shape index (κ3) is 4.62. The molecule has 3 aromatic carbocycles. The lowest BCUT2D eigenvalue weighted by molar-refractivity contribution is 0.0773. The summed E-state index contributed by atoms with van der Waals surface area (Å²) in [6.07, 6.45) is 0. The average Bonchev–Trinajstić information content (AvgIpc) is 2.87. The molecule has 1 aromatic heterocycles. The van der Waals surface area contributed by atoms with Crippen LogP contribution in [0, 0.1) is 6.92 Å². The Morgan fingerprint density at radius 2 is 1.65 bits per heavy atom. The Kier molecular flexibility index (Phi) is 6.87. The van der Waals surface area contributed by atoms with Gasteiger partial charge in [-0.25, -0.2) is 5.10 Å². The van der Waals surface area contributed by atoms with Crippen LogP contribution in [0.5, 0.6) is 11.5 Å². The molecule has 4 aromatic rings. The molecule has 0 aliphatic heterocycles. The fraction of sp³-hybridized carbons (Fsp3) is 0.179. The Morgan fingerprint density at radius 3 is 2.38 bits per heavy atom. The molecule has 0 radical (unpaired) electrons. The summed E-state index contributed by atoms with van der Waals surface area (Å²) in [5.74, 6) is 1.27. The van der Waals surface area contributed by atoms with Gasteiger partial charge in [-0.1, -0.05) is 42.5 Å². The van der Waals surface area contributed by atoms with E-state index in [1.165, 1.54) is 0 Å². The molecule has 0 aliphatic carbocycles. The van der Waals surface area contributed by atoms with Crippen LogP contribution in [0.1, 0.15) is 29.8 Å². The van der Waals surface area contributed by atoms with Gasteiger partial charge in [-0.05, 0) is 62.7 Å². The van der Waals surface area contributed by atoms with Gasteiger partial charge in [-0.3, -0.25) is 9.59 Å². The van der Waals surface area contributed by atoms with Gasteiger partial charge >= 0.3 is 0 Å². The molecule has 0 unspecified atom stereocenters. The smallest absolute Gasteiger partial charge is 0.267 e. The van der Waals surface area contributed by atoms with E-state index in [0.29, 0.717) is 47.0 Å². The van der Waals surface area contributed by atoms with Crippen LogP contribution in [-0.4, -0.2) is 34.1 Å². The highest BCUT2D eigenvalue weighted by molar-refractivity contribution is 5.96. The van der Waals surface area contributed by atoms with E-state index in [9.17, 15) is 9.59 Å². The Hall–Kier alpha value is -4.19. The number of H-pyrrole nitrogens is 1. The first-order chi connectivity index (χ1) is 16.5. The van der Waals surface area contributed by atoms with E-state index in [1.807, 2.05) is 86.6 Å². The molecule has 0 spiro atoms. The molecule has 6 nitrogen and oxygen atoms in total. The zero-order chi connectivity index (χ0) is 24.1. The number of aromatic nitrogens is 2. The number of carbonyl (C=O) groups excluding carboxylic acids is 1. The Bertz CT molecular complexity index is 1360. The largest absolute Gasteiger partial charge is 0.457 e. The number of para-hydroxylation sites is 2. The van der Waals surface area contributed by atoms with E-state index in [4.69, 9.17) is 4.74 Å². The van der Waals surface area contributed by atoms with Crippen LogP contribution in [0.4, 0.5) is 0 Å². The number of aromatic amines is 1. The van der Waals surface area contributed by atoms with E-state index in [2.05, 4.69) is 10.2 Å². The molecular formula is C28H27N3O3. The highest BCUT2D eigenvalue weighted by Crippen LogP contribution is 2.38. The molecule has 0 atom stereocenters. The zero-order valence-electron chi connectivity index (χ0n) is 19.5. The lowest BCUT2D eigenvalue weighted by Gasteiger charge is -2.19. The summed E-state index contributed by atoms with van der Waals surface area (Å²) >= 11 is 0. The molecule has 0 fully saturated rings. The van der Waals surface area contributed by atoms with Crippen molar-refractivity contribution in [2.45, 2.75) is 20.8 Å². The van der Waals surface area contributed by atoms with Gasteiger partial charge in [0.05, 0.1) is 0 Å². The molecule has 1 amide bonds. The van der Waals surface area contributed by atoms with Crippen LogP contribution in [0.3, 0.4) is 0 Å². The monoisotopic (exact) mass is 453 g/mol. The van der Waals surface area contributed by atoms with Crippen molar-refractivity contribution in [3.63, 3.8) is 0 Å². The van der Waals surface area contributed by atoms with Gasteiger partial charge in [0.15, 0.2) is 0 Å². The summed E-state index contributed by atoms with van der Waals surface area (Å²) in [4.78, 5) is 27.3. The number of hydrogen-bond donors (Lipinski definition) is 1. The summed E-state index contributed by atoms with van der Waals surface area (Å²) in [5, 5.41) is 7.02. The number of carbonyl (C=O) groups is 1. The number of benzene rings is 3. The Labute approximate surface area is 198 Å². The molecule has 172 valence electrons. The molecule has 0 saturated heterocycles. The van der Waals surface area contributed by atoms with Crippen molar-refractivity contribution < 1.29 is 9.53 Å². The highest BCUT2D eigenvalue weighted by Gasteiger charge is 2.20. The molecule has 34 heavy (non-hydrogen) atoms. The Balaban J connectivity index is 1.86. The van der Waals surface area contributed by atoms with E-state index in [1.54, 1.807) is 17.9 Å². The topological polar surface area (TPSA) is 75.3 Å². The SMILES string of the molecule is CCN(CC)C(=O)c1cccc(-c2c(-c3ccccc3Oc3ccccc3)n[nH]c(=O)c2C)c1. The third-order valence-electron chi connectivity index (χ3n) is 5.78. The van der Waals surface area contributed by atoms with E-state index in [-0.39, 0.29) is 11.5 Å². The molecule has 6 heteroatoms. The van der Waals surface area contributed by atoms with Crippen molar-refractivity contribution in [3.05, 3.63) is 100 Å². The summed E-state index contributed by atoms with van der Waals surface area (Å²) < 4.78 is 6.15. The van der Waals surface area contributed by atoms with Gasteiger partial charge < -0.3 is 9.64 Å². The van der Waals surface area contributed by atoms with E-state index in [0.717, 1.165) is 11.1 Å². The molecule has 0 saturated carbocycles. The van der Waals surface area contributed by atoms with Crippen molar-refractivity contribution in [2.24, 2.45) is 0 Å². The summed E-state index contributed by atoms with van der Waals surface area (Å²) in [6.45, 7) is 6.93. The first kappa shape index (κ1) is 23.0.